The number of aromatic hydroxyl groups is 1. The molecule has 182 valence electrons. The van der Waals surface area contributed by atoms with Crippen LogP contribution in [0, 0.1) is 0 Å². The quantitative estimate of drug-likeness (QED) is 0.332. The molecular formula is C24H28N2O8. The second kappa shape index (κ2) is 13.5. The van der Waals surface area contributed by atoms with Crippen molar-refractivity contribution in [2.45, 2.75) is 38.0 Å². The first kappa shape index (κ1) is 26.2. The van der Waals surface area contributed by atoms with Crippen LogP contribution in [0.2, 0.25) is 0 Å². The van der Waals surface area contributed by atoms with Gasteiger partial charge in [-0.1, -0.05) is 42.5 Å². The molecule has 2 amide bonds. The summed E-state index contributed by atoms with van der Waals surface area (Å²) in [6.45, 7) is 0.0130. The van der Waals surface area contributed by atoms with Crippen LogP contribution in [0.25, 0.3) is 0 Å². The molecule has 0 heterocycles. The number of hydrogen-bond acceptors (Lipinski definition) is 8. The fraction of sp³-hybridized carbons (Fsp3) is 0.333. The summed E-state index contributed by atoms with van der Waals surface area (Å²) in [4.78, 5) is 48.8. The molecule has 0 aliphatic rings. The number of ether oxygens (including phenoxy) is 3. The molecule has 3 N–H and O–H groups in total. The van der Waals surface area contributed by atoms with Gasteiger partial charge in [0.1, 0.15) is 24.4 Å². The molecule has 2 aromatic rings. The zero-order valence-electron chi connectivity index (χ0n) is 19.0. The van der Waals surface area contributed by atoms with Gasteiger partial charge in [0.2, 0.25) is 5.91 Å². The average Bonchev–Trinajstić information content (AvgIpc) is 2.85. The number of carbonyl (C=O) groups excluding carboxylic acids is 4. The fourth-order valence-corrected chi connectivity index (χ4v) is 3.04. The first-order valence-electron chi connectivity index (χ1n) is 10.5. The smallest absolute Gasteiger partial charge is 0.408 e. The summed E-state index contributed by atoms with van der Waals surface area (Å²) < 4.78 is 14.6. The van der Waals surface area contributed by atoms with Crippen molar-refractivity contribution in [3.63, 3.8) is 0 Å². The molecule has 10 heteroatoms. The van der Waals surface area contributed by atoms with E-state index in [1.807, 2.05) is 6.07 Å². The van der Waals surface area contributed by atoms with Crippen LogP contribution >= 0.6 is 0 Å². The van der Waals surface area contributed by atoms with Crippen molar-refractivity contribution >= 4 is 23.9 Å². The third-order valence-corrected chi connectivity index (χ3v) is 4.85. The van der Waals surface area contributed by atoms with Crippen molar-refractivity contribution in [2.24, 2.45) is 0 Å². The second-order valence-corrected chi connectivity index (χ2v) is 7.33. The molecule has 0 aliphatic heterocycles. The van der Waals surface area contributed by atoms with E-state index in [9.17, 15) is 24.3 Å². The lowest BCUT2D eigenvalue weighted by Gasteiger charge is -2.19. The molecule has 2 aromatic carbocycles. The largest absolute Gasteiger partial charge is 0.508 e. The number of benzene rings is 2. The van der Waals surface area contributed by atoms with E-state index >= 15 is 0 Å². The van der Waals surface area contributed by atoms with E-state index < -0.39 is 36.0 Å². The molecular weight excluding hydrogens is 444 g/mol. The number of rotatable bonds is 11. The van der Waals surface area contributed by atoms with Gasteiger partial charge in [0.15, 0.2) is 0 Å². The van der Waals surface area contributed by atoms with E-state index in [2.05, 4.69) is 10.6 Å². The van der Waals surface area contributed by atoms with E-state index in [-0.39, 0.29) is 31.6 Å². The Balaban J connectivity index is 1.91. The van der Waals surface area contributed by atoms with Crippen LogP contribution < -0.4 is 10.6 Å². The molecule has 10 nitrogen and oxygen atoms in total. The standard InChI is InChI=1S/C24H28N2O8/c1-32-22(29)19(26-24(31)34-15-17-6-4-3-5-7-17)12-13-21(28)25-20(23(30)33-2)14-16-8-10-18(27)11-9-16/h3-11,19-20,27H,12-15H2,1-2H3,(H,25,28)(H,26,31)/t19-,20-/m0/s1. The molecule has 34 heavy (non-hydrogen) atoms. The average molecular weight is 472 g/mol. The molecule has 0 spiro atoms. The van der Waals surface area contributed by atoms with Crippen LogP contribution in [-0.2, 0) is 41.6 Å². The Morgan fingerprint density at radius 2 is 1.44 bits per heavy atom. The lowest BCUT2D eigenvalue weighted by atomic mass is 10.0. The minimum atomic E-state index is -1.12. The highest BCUT2D eigenvalue weighted by atomic mass is 16.6. The zero-order chi connectivity index (χ0) is 24.9. The Morgan fingerprint density at radius 1 is 0.824 bits per heavy atom. The molecule has 0 saturated heterocycles. The van der Waals surface area contributed by atoms with Gasteiger partial charge in [-0.2, -0.15) is 0 Å². The Bertz CT molecular complexity index is 963. The molecule has 0 radical (unpaired) electrons. The number of carbonyl (C=O) groups is 4. The van der Waals surface area contributed by atoms with Gasteiger partial charge in [0.05, 0.1) is 14.2 Å². The third-order valence-electron chi connectivity index (χ3n) is 4.85. The van der Waals surface area contributed by atoms with Crippen LogP contribution in [0.15, 0.2) is 54.6 Å². The maximum atomic E-state index is 12.5. The summed E-state index contributed by atoms with van der Waals surface area (Å²) in [5.74, 6) is -1.83. The topological polar surface area (TPSA) is 140 Å². The normalized spacial score (nSPS) is 12.1. The predicted octanol–water partition coefficient (Wildman–Crippen LogP) is 1.84. The van der Waals surface area contributed by atoms with Gasteiger partial charge >= 0.3 is 18.0 Å². The maximum Gasteiger partial charge on any atom is 0.408 e. The van der Waals surface area contributed by atoms with Gasteiger partial charge in [-0.25, -0.2) is 14.4 Å². The van der Waals surface area contributed by atoms with Crippen molar-refractivity contribution in [3.8, 4) is 5.75 Å². The van der Waals surface area contributed by atoms with Crippen LogP contribution in [0.3, 0.4) is 0 Å². The van der Waals surface area contributed by atoms with E-state index in [0.29, 0.717) is 5.56 Å². The summed E-state index contributed by atoms with van der Waals surface area (Å²) in [5, 5.41) is 14.4. The van der Waals surface area contributed by atoms with E-state index in [1.165, 1.54) is 19.2 Å². The molecule has 2 atom stereocenters. The van der Waals surface area contributed by atoms with Crippen LogP contribution in [0.1, 0.15) is 24.0 Å². The molecule has 0 aliphatic carbocycles. The van der Waals surface area contributed by atoms with Crippen LogP contribution in [-0.4, -0.2) is 55.3 Å². The maximum absolute atomic E-state index is 12.5. The Labute approximate surface area is 197 Å². The number of esters is 2. The number of phenols is 1. The van der Waals surface area contributed by atoms with Crippen molar-refractivity contribution < 1.29 is 38.5 Å². The second-order valence-electron chi connectivity index (χ2n) is 7.33. The predicted molar refractivity (Wildman–Crippen MR) is 121 cm³/mol. The molecule has 0 aromatic heterocycles. The fourth-order valence-electron chi connectivity index (χ4n) is 3.04. The first-order valence-corrected chi connectivity index (χ1v) is 10.5. The van der Waals surface area contributed by atoms with Crippen LogP contribution in [0.5, 0.6) is 5.75 Å². The number of nitrogens with one attached hydrogen (secondary N) is 2. The monoisotopic (exact) mass is 472 g/mol. The SMILES string of the molecule is COC(=O)[C@H](Cc1ccc(O)cc1)NC(=O)CC[C@H](NC(=O)OCc1ccccc1)C(=O)OC. The van der Waals surface area contributed by atoms with E-state index in [1.54, 1.807) is 36.4 Å². The van der Waals surface area contributed by atoms with Gasteiger partial charge in [-0.15, -0.1) is 0 Å². The highest BCUT2D eigenvalue weighted by Crippen LogP contribution is 2.12. The Kier molecular flexibility index (Phi) is 10.4. The third kappa shape index (κ3) is 8.81. The molecule has 0 unspecified atom stereocenters. The van der Waals surface area contributed by atoms with E-state index in [0.717, 1.165) is 12.7 Å². The summed E-state index contributed by atoms with van der Waals surface area (Å²) in [5.41, 5.74) is 1.47. The van der Waals surface area contributed by atoms with Gasteiger partial charge in [0, 0.05) is 12.8 Å². The van der Waals surface area contributed by atoms with Gasteiger partial charge in [-0.3, -0.25) is 4.79 Å². The lowest BCUT2D eigenvalue weighted by molar-refractivity contribution is -0.145. The lowest BCUT2D eigenvalue weighted by Crippen LogP contribution is -2.45. The highest BCUT2D eigenvalue weighted by molar-refractivity contribution is 5.86. The minimum absolute atomic E-state index is 0.0130. The van der Waals surface area contributed by atoms with Crippen molar-refractivity contribution in [1.82, 2.24) is 10.6 Å². The Morgan fingerprint density at radius 3 is 2.06 bits per heavy atom. The van der Waals surface area contributed by atoms with E-state index in [4.69, 9.17) is 14.2 Å². The first-order chi connectivity index (χ1) is 16.3. The molecule has 0 fully saturated rings. The van der Waals surface area contributed by atoms with Gasteiger partial charge in [0.25, 0.3) is 0 Å². The zero-order valence-corrected chi connectivity index (χ0v) is 19.0. The number of methoxy groups -OCH3 is 2. The molecule has 0 bridgehead atoms. The summed E-state index contributed by atoms with van der Waals surface area (Å²) in [6.07, 6.45) is -0.948. The van der Waals surface area contributed by atoms with Crippen molar-refractivity contribution in [1.29, 1.82) is 0 Å². The van der Waals surface area contributed by atoms with Crippen LogP contribution in [0.4, 0.5) is 4.79 Å². The number of phenolic OH excluding ortho intramolecular Hbond substituents is 1. The van der Waals surface area contributed by atoms with Crippen molar-refractivity contribution in [2.75, 3.05) is 14.2 Å². The highest BCUT2D eigenvalue weighted by Gasteiger charge is 2.26. The number of hydrogen-bond donors (Lipinski definition) is 3. The summed E-state index contributed by atoms with van der Waals surface area (Å²) in [6, 6.07) is 13.1. The molecule has 0 saturated carbocycles. The Hall–Kier alpha value is -4.08. The summed E-state index contributed by atoms with van der Waals surface area (Å²) in [7, 11) is 2.37. The number of alkyl carbamates (subject to hydrolysis) is 1. The summed E-state index contributed by atoms with van der Waals surface area (Å²) >= 11 is 0. The minimum Gasteiger partial charge on any atom is -0.508 e. The molecule has 2 rings (SSSR count). The van der Waals surface area contributed by atoms with Gasteiger partial charge in [-0.05, 0) is 29.7 Å². The van der Waals surface area contributed by atoms with Crippen molar-refractivity contribution in [3.05, 3.63) is 65.7 Å². The number of amides is 2. The van der Waals surface area contributed by atoms with Gasteiger partial charge < -0.3 is 30.0 Å².